The molecule has 1 saturated heterocycles. The quantitative estimate of drug-likeness (QED) is 0.906. The van der Waals surface area contributed by atoms with Gasteiger partial charge in [0.2, 0.25) is 0 Å². The first-order valence-corrected chi connectivity index (χ1v) is 8.59. The van der Waals surface area contributed by atoms with E-state index >= 15 is 0 Å². The van der Waals surface area contributed by atoms with E-state index in [2.05, 4.69) is 31.0 Å². The van der Waals surface area contributed by atoms with E-state index in [-0.39, 0.29) is 0 Å². The van der Waals surface area contributed by atoms with Crippen molar-refractivity contribution in [2.75, 3.05) is 18.1 Å². The van der Waals surface area contributed by atoms with Crippen LogP contribution >= 0.6 is 11.3 Å². The summed E-state index contributed by atoms with van der Waals surface area (Å²) in [6, 6.07) is 1.18. The van der Waals surface area contributed by atoms with Crippen molar-refractivity contribution in [2.45, 2.75) is 64.8 Å². The maximum atomic E-state index is 5.72. The highest BCUT2D eigenvalue weighted by Gasteiger charge is 2.27. The molecular formula is C15H25N3OS. The number of hydrogen-bond donors (Lipinski definition) is 1. The summed E-state index contributed by atoms with van der Waals surface area (Å²) in [5.74, 6) is 0. The minimum atomic E-state index is 0.299. The van der Waals surface area contributed by atoms with Crippen molar-refractivity contribution in [3.8, 4) is 0 Å². The Balaban J connectivity index is 1.74. The number of thiazole rings is 1. The summed E-state index contributed by atoms with van der Waals surface area (Å²) < 4.78 is 5.72. The van der Waals surface area contributed by atoms with Crippen LogP contribution in [0.1, 0.15) is 44.2 Å². The van der Waals surface area contributed by atoms with Gasteiger partial charge in [-0.15, -0.1) is 11.3 Å². The molecule has 2 atom stereocenters. The normalized spacial score (nSPS) is 27.1. The number of ether oxygens (including phenoxy) is 1. The van der Waals surface area contributed by atoms with Crippen LogP contribution in [-0.2, 0) is 17.7 Å². The summed E-state index contributed by atoms with van der Waals surface area (Å²) in [6.07, 6.45) is 4.00. The molecule has 0 amide bonds. The second-order valence-electron chi connectivity index (χ2n) is 6.02. The van der Waals surface area contributed by atoms with Gasteiger partial charge in [0.1, 0.15) is 0 Å². The van der Waals surface area contributed by atoms with Gasteiger partial charge in [-0.3, -0.25) is 0 Å². The Kier molecular flexibility index (Phi) is 4.29. The van der Waals surface area contributed by atoms with E-state index in [4.69, 9.17) is 9.72 Å². The monoisotopic (exact) mass is 295 g/mol. The molecule has 1 N–H and O–H groups in total. The van der Waals surface area contributed by atoms with Gasteiger partial charge in [-0.1, -0.05) is 6.92 Å². The van der Waals surface area contributed by atoms with Crippen LogP contribution in [0.5, 0.6) is 0 Å². The van der Waals surface area contributed by atoms with Crippen LogP contribution in [0.3, 0.4) is 0 Å². The third kappa shape index (κ3) is 3.15. The summed E-state index contributed by atoms with van der Waals surface area (Å²) in [4.78, 5) is 8.72. The number of anilines is 1. The third-order valence-electron chi connectivity index (χ3n) is 4.08. The summed E-state index contributed by atoms with van der Waals surface area (Å²) >= 11 is 1.86. The van der Waals surface area contributed by atoms with Crippen LogP contribution in [0.2, 0.25) is 0 Å². The van der Waals surface area contributed by atoms with Crippen LogP contribution in [-0.4, -0.2) is 36.3 Å². The molecule has 1 aliphatic carbocycles. The Morgan fingerprint density at radius 3 is 2.90 bits per heavy atom. The highest BCUT2D eigenvalue weighted by molar-refractivity contribution is 7.15. The molecule has 3 rings (SSSR count). The van der Waals surface area contributed by atoms with Gasteiger partial charge in [0.25, 0.3) is 0 Å². The minimum Gasteiger partial charge on any atom is -0.375 e. The van der Waals surface area contributed by atoms with Gasteiger partial charge < -0.3 is 15.0 Å². The predicted molar refractivity (Wildman–Crippen MR) is 83.6 cm³/mol. The molecule has 2 heterocycles. The maximum absolute atomic E-state index is 5.72. The third-order valence-corrected chi connectivity index (χ3v) is 5.22. The van der Waals surface area contributed by atoms with Crippen molar-refractivity contribution in [2.24, 2.45) is 0 Å². The van der Waals surface area contributed by atoms with E-state index in [0.717, 1.165) is 32.2 Å². The van der Waals surface area contributed by atoms with E-state index in [9.17, 15) is 0 Å². The van der Waals surface area contributed by atoms with Gasteiger partial charge in [0.15, 0.2) is 5.13 Å². The fourth-order valence-corrected chi connectivity index (χ4v) is 3.81. The zero-order valence-electron chi connectivity index (χ0n) is 12.7. The lowest BCUT2D eigenvalue weighted by Crippen LogP contribution is -2.47. The van der Waals surface area contributed by atoms with Gasteiger partial charge in [-0.05, 0) is 33.1 Å². The largest absolute Gasteiger partial charge is 0.375 e. The number of aromatic nitrogens is 1. The molecule has 1 saturated carbocycles. The second kappa shape index (κ2) is 6.00. The summed E-state index contributed by atoms with van der Waals surface area (Å²) in [5.41, 5.74) is 1.27. The van der Waals surface area contributed by atoms with Crippen molar-refractivity contribution in [3.63, 3.8) is 0 Å². The van der Waals surface area contributed by atoms with E-state index in [1.807, 2.05) is 11.3 Å². The molecule has 20 heavy (non-hydrogen) atoms. The number of nitrogens with zero attached hydrogens (tertiary/aromatic N) is 2. The Morgan fingerprint density at radius 2 is 2.20 bits per heavy atom. The number of rotatable bonds is 5. The lowest BCUT2D eigenvalue weighted by molar-refractivity contribution is 0.0343. The number of morpholine rings is 1. The van der Waals surface area contributed by atoms with Crippen LogP contribution in [0.15, 0.2) is 0 Å². The SMILES string of the molecule is CCc1nc(N2CC(C)OCC2C)sc1CNC1CC1. The first-order chi connectivity index (χ1) is 9.67. The highest BCUT2D eigenvalue weighted by atomic mass is 32.1. The standard InChI is InChI=1S/C15H25N3OS/c1-4-13-14(7-16-12-5-6-12)20-15(17-13)18-8-11(3)19-9-10(18)2/h10-12,16H,4-9H2,1-3H3. The van der Waals surface area contributed by atoms with Gasteiger partial charge in [-0.2, -0.15) is 0 Å². The molecule has 112 valence electrons. The topological polar surface area (TPSA) is 37.4 Å². The van der Waals surface area contributed by atoms with Gasteiger partial charge in [0, 0.05) is 24.0 Å². The van der Waals surface area contributed by atoms with Crippen molar-refractivity contribution in [3.05, 3.63) is 10.6 Å². The van der Waals surface area contributed by atoms with Crippen LogP contribution in [0.25, 0.3) is 0 Å². The van der Waals surface area contributed by atoms with Gasteiger partial charge in [-0.25, -0.2) is 4.98 Å². The number of hydrogen-bond acceptors (Lipinski definition) is 5. The van der Waals surface area contributed by atoms with E-state index in [0.29, 0.717) is 12.1 Å². The van der Waals surface area contributed by atoms with Crippen molar-refractivity contribution in [1.82, 2.24) is 10.3 Å². The molecule has 0 bridgehead atoms. The molecule has 1 aromatic heterocycles. The van der Waals surface area contributed by atoms with E-state index in [1.54, 1.807) is 0 Å². The lowest BCUT2D eigenvalue weighted by Gasteiger charge is -2.36. The lowest BCUT2D eigenvalue weighted by atomic mass is 10.2. The molecule has 2 aliphatic rings. The summed E-state index contributed by atoms with van der Waals surface area (Å²) in [6.45, 7) is 9.31. The summed E-state index contributed by atoms with van der Waals surface area (Å²) in [5, 5.41) is 4.79. The predicted octanol–water partition coefficient (Wildman–Crippen LogP) is 2.57. The Labute approximate surface area is 125 Å². The molecule has 1 aromatic rings. The van der Waals surface area contributed by atoms with Crippen molar-refractivity contribution in [1.29, 1.82) is 0 Å². The highest BCUT2D eigenvalue weighted by Crippen LogP contribution is 2.31. The van der Waals surface area contributed by atoms with E-state index < -0.39 is 0 Å². The molecule has 2 unspecified atom stereocenters. The number of aryl methyl sites for hydroxylation is 1. The molecule has 5 heteroatoms. The van der Waals surface area contributed by atoms with Crippen LogP contribution < -0.4 is 10.2 Å². The Morgan fingerprint density at radius 1 is 1.40 bits per heavy atom. The Bertz CT molecular complexity index is 458. The molecule has 0 aromatic carbocycles. The minimum absolute atomic E-state index is 0.299. The first kappa shape index (κ1) is 14.3. The van der Waals surface area contributed by atoms with E-state index in [1.165, 1.54) is 28.5 Å². The van der Waals surface area contributed by atoms with Gasteiger partial charge in [0.05, 0.1) is 24.4 Å². The maximum Gasteiger partial charge on any atom is 0.186 e. The van der Waals surface area contributed by atoms with Crippen LogP contribution in [0, 0.1) is 0 Å². The average Bonchev–Trinajstić information content (AvgIpc) is 3.18. The molecule has 4 nitrogen and oxygen atoms in total. The smallest absolute Gasteiger partial charge is 0.186 e. The van der Waals surface area contributed by atoms with Crippen molar-refractivity contribution >= 4 is 16.5 Å². The molecule has 2 fully saturated rings. The zero-order chi connectivity index (χ0) is 14.1. The summed E-state index contributed by atoms with van der Waals surface area (Å²) in [7, 11) is 0. The fraction of sp³-hybridized carbons (Fsp3) is 0.800. The second-order valence-corrected chi connectivity index (χ2v) is 7.08. The average molecular weight is 295 g/mol. The zero-order valence-corrected chi connectivity index (χ0v) is 13.5. The molecular weight excluding hydrogens is 270 g/mol. The van der Waals surface area contributed by atoms with Crippen molar-refractivity contribution < 1.29 is 4.74 Å². The van der Waals surface area contributed by atoms with Crippen LogP contribution in [0.4, 0.5) is 5.13 Å². The molecule has 0 spiro atoms. The Hall–Kier alpha value is -0.650. The molecule has 1 aliphatic heterocycles. The van der Waals surface area contributed by atoms with Gasteiger partial charge >= 0.3 is 0 Å². The molecule has 0 radical (unpaired) electrons. The fourth-order valence-electron chi connectivity index (χ4n) is 2.60. The first-order valence-electron chi connectivity index (χ1n) is 7.77. The number of nitrogens with one attached hydrogen (secondary N) is 1.